The van der Waals surface area contributed by atoms with Gasteiger partial charge in [0.1, 0.15) is 17.3 Å². The van der Waals surface area contributed by atoms with Crippen LogP contribution in [0.3, 0.4) is 0 Å². The predicted molar refractivity (Wildman–Crippen MR) is 82.5 cm³/mol. The number of hydrogen-bond acceptors (Lipinski definition) is 6. The average Bonchev–Trinajstić information content (AvgIpc) is 2.53. The molecule has 0 aliphatic heterocycles. The van der Waals surface area contributed by atoms with Crippen LogP contribution in [0, 0.1) is 6.92 Å². The smallest absolute Gasteiger partial charge is 0.270 e. The Hall–Kier alpha value is -2.54. The molecule has 2 N–H and O–H groups in total. The van der Waals surface area contributed by atoms with Crippen molar-refractivity contribution in [1.29, 1.82) is 0 Å². The fourth-order valence-corrected chi connectivity index (χ4v) is 1.83. The number of nitrogens with one attached hydrogen (secondary N) is 2. The Labute approximate surface area is 129 Å². The Kier molecular flexibility index (Phi) is 5.79. The quantitative estimate of drug-likeness (QED) is 0.746. The second-order valence-electron chi connectivity index (χ2n) is 4.65. The molecule has 0 aromatic carbocycles. The Morgan fingerprint density at radius 3 is 2.95 bits per heavy atom. The lowest BCUT2D eigenvalue weighted by molar-refractivity contribution is 0.0932. The van der Waals surface area contributed by atoms with Crippen LogP contribution in [0.1, 0.15) is 21.9 Å². The maximum Gasteiger partial charge on any atom is 0.270 e. The lowest BCUT2D eigenvalue weighted by atomic mass is 10.3. The normalized spacial score (nSPS) is 10.3. The van der Waals surface area contributed by atoms with Gasteiger partial charge in [0.2, 0.25) is 0 Å². The van der Waals surface area contributed by atoms with Gasteiger partial charge in [-0.25, -0.2) is 9.97 Å². The van der Waals surface area contributed by atoms with Gasteiger partial charge in [-0.05, 0) is 18.6 Å². The zero-order valence-corrected chi connectivity index (χ0v) is 12.7. The molecule has 2 aromatic rings. The molecule has 0 radical (unpaired) electrons. The van der Waals surface area contributed by atoms with E-state index in [1.807, 2.05) is 12.1 Å². The Bertz CT molecular complexity index is 619. The van der Waals surface area contributed by atoms with Crippen LogP contribution in [0.2, 0.25) is 0 Å². The number of aryl methyl sites for hydroxylation is 1. The van der Waals surface area contributed by atoms with Crippen LogP contribution in [0.25, 0.3) is 0 Å². The molecule has 0 bridgehead atoms. The van der Waals surface area contributed by atoms with E-state index < -0.39 is 0 Å². The van der Waals surface area contributed by atoms with Crippen LogP contribution < -0.4 is 10.6 Å². The van der Waals surface area contributed by atoms with Crippen LogP contribution >= 0.6 is 0 Å². The van der Waals surface area contributed by atoms with Crippen molar-refractivity contribution in [2.45, 2.75) is 13.5 Å². The second kappa shape index (κ2) is 8.04. The number of rotatable bonds is 7. The van der Waals surface area contributed by atoms with Crippen molar-refractivity contribution in [3.63, 3.8) is 0 Å². The number of anilines is 1. The highest BCUT2D eigenvalue weighted by molar-refractivity contribution is 5.92. The Morgan fingerprint density at radius 2 is 2.23 bits per heavy atom. The summed E-state index contributed by atoms with van der Waals surface area (Å²) in [6.45, 7) is 3.23. The van der Waals surface area contributed by atoms with Crippen molar-refractivity contribution in [2.24, 2.45) is 0 Å². The molecule has 1 amide bonds. The molecule has 0 saturated carbocycles. The fraction of sp³-hybridized carbons (Fsp3) is 0.333. The number of aromatic nitrogens is 3. The molecule has 0 spiro atoms. The van der Waals surface area contributed by atoms with Crippen molar-refractivity contribution >= 4 is 11.7 Å². The van der Waals surface area contributed by atoms with Gasteiger partial charge in [0, 0.05) is 38.7 Å². The topological polar surface area (TPSA) is 89.0 Å². The van der Waals surface area contributed by atoms with Crippen molar-refractivity contribution < 1.29 is 9.53 Å². The summed E-state index contributed by atoms with van der Waals surface area (Å²) in [5.41, 5.74) is 1.36. The van der Waals surface area contributed by atoms with E-state index in [1.54, 1.807) is 32.5 Å². The van der Waals surface area contributed by atoms with Gasteiger partial charge in [-0.15, -0.1) is 0 Å². The van der Waals surface area contributed by atoms with E-state index in [4.69, 9.17) is 4.74 Å². The van der Waals surface area contributed by atoms with Gasteiger partial charge >= 0.3 is 0 Å². The molecule has 0 aliphatic rings. The van der Waals surface area contributed by atoms with Crippen molar-refractivity contribution in [1.82, 2.24) is 20.3 Å². The van der Waals surface area contributed by atoms with E-state index in [1.165, 1.54) is 0 Å². The van der Waals surface area contributed by atoms with E-state index in [0.717, 1.165) is 5.56 Å². The largest absolute Gasteiger partial charge is 0.383 e. The molecule has 0 fully saturated rings. The zero-order chi connectivity index (χ0) is 15.8. The molecule has 116 valence electrons. The molecule has 7 nitrogen and oxygen atoms in total. The van der Waals surface area contributed by atoms with Crippen LogP contribution in [0.5, 0.6) is 0 Å². The second-order valence-corrected chi connectivity index (χ2v) is 4.65. The number of carbonyl (C=O) groups is 1. The van der Waals surface area contributed by atoms with Gasteiger partial charge in [-0.1, -0.05) is 6.07 Å². The van der Waals surface area contributed by atoms with Gasteiger partial charge in [-0.2, -0.15) is 0 Å². The number of pyridine rings is 1. The van der Waals surface area contributed by atoms with E-state index in [0.29, 0.717) is 37.0 Å². The summed E-state index contributed by atoms with van der Waals surface area (Å²) >= 11 is 0. The van der Waals surface area contributed by atoms with Crippen LogP contribution in [-0.4, -0.2) is 41.1 Å². The Balaban J connectivity index is 2.01. The highest BCUT2D eigenvalue weighted by atomic mass is 16.5. The van der Waals surface area contributed by atoms with E-state index in [9.17, 15) is 4.79 Å². The highest BCUT2D eigenvalue weighted by Gasteiger charge is 2.10. The van der Waals surface area contributed by atoms with Gasteiger partial charge < -0.3 is 15.4 Å². The molecule has 0 aliphatic carbocycles. The average molecular weight is 301 g/mol. The Morgan fingerprint density at radius 1 is 1.36 bits per heavy atom. The minimum Gasteiger partial charge on any atom is -0.383 e. The predicted octanol–water partition coefficient (Wildman–Crippen LogP) is 1.17. The summed E-state index contributed by atoms with van der Waals surface area (Å²) in [6.07, 6.45) is 3.50. The number of methoxy groups -OCH3 is 1. The number of hydrogen-bond donors (Lipinski definition) is 2. The fourth-order valence-electron chi connectivity index (χ4n) is 1.83. The lowest BCUT2D eigenvalue weighted by Gasteiger charge is -2.09. The first kappa shape index (κ1) is 15.8. The molecule has 2 aromatic heterocycles. The number of amides is 1. The first-order valence-electron chi connectivity index (χ1n) is 6.94. The molecule has 0 atom stereocenters. The van der Waals surface area contributed by atoms with Crippen LogP contribution in [0.4, 0.5) is 5.82 Å². The molecule has 0 saturated heterocycles. The van der Waals surface area contributed by atoms with E-state index in [2.05, 4.69) is 25.6 Å². The maximum absolute atomic E-state index is 12.0. The summed E-state index contributed by atoms with van der Waals surface area (Å²) in [5.74, 6) is 0.897. The number of carbonyl (C=O) groups excluding carboxylic acids is 1. The van der Waals surface area contributed by atoms with Crippen molar-refractivity contribution in [3.8, 4) is 0 Å². The monoisotopic (exact) mass is 301 g/mol. The SMILES string of the molecule is COCCNC(=O)c1cc(NCc2cccnc2)nc(C)n1. The summed E-state index contributed by atoms with van der Waals surface area (Å²) in [7, 11) is 1.58. The molecular formula is C15H19N5O2. The standard InChI is InChI=1S/C15H19N5O2/c1-11-19-13(15(21)17-6-7-22-2)8-14(20-11)18-10-12-4-3-5-16-9-12/h3-5,8-9H,6-7,10H2,1-2H3,(H,17,21)(H,18,19,20). The van der Waals surface area contributed by atoms with Crippen molar-refractivity contribution in [2.75, 3.05) is 25.6 Å². The lowest BCUT2D eigenvalue weighted by Crippen LogP contribution is -2.28. The molecule has 2 heterocycles. The minimum absolute atomic E-state index is 0.244. The van der Waals surface area contributed by atoms with Crippen molar-refractivity contribution in [3.05, 3.63) is 47.7 Å². The van der Waals surface area contributed by atoms with E-state index >= 15 is 0 Å². The highest BCUT2D eigenvalue weighted by Crippen LogP contribution is 2.08. The summed E-state index contributed by atoms with van der Waals surface area (Å²) in [4.78, 5) is 24.5. The van der Waals surface area contributed by atoms with Gasteiger partial charge in [0.25, 0.3) is 5.91 Å². The third-order valence-corrected chi connectivity index (χ3v) is 2.86. The van der Waals surface area contributed by atoms with Gasteiger partial charge in [0.15, 0.2) is 0 Å². The number of ether oxygens (including phenoxy) is 1. The summed E-state index contributed by atoms with van der Waals surface area (Å²) < 4.78 is 4.90. The zero-order valence-electron chi connectivity index (χ0n) is 12.7. The minimum atomic E-state index is -0.244. The summed E-state index contributed by atoms with van der Waals surface area (Å²) in [5, 5.41) is 5.90. The van der Waals surface area contributed by atoms with Gasteiger partial charge in [-0.3, -0.25) is 9.78 Å². The first-order chi connectivity index (χ1) is 10.7. The molecule has 22 heavy (non-hydrogen) atoms. The maximum atomic E-state index is 12.0. The third kappa shape index (κ3) is 4.78. The van der Waals surface area contributed by atoms with Gasteiger partial charge in [0.05, 0.1) is 6.61 Å². The van der Waals surface area contributed by atoms with Crippen LogP contribution in [-0.2, 0) is 11.3 Å². The molecule has 2 rings (SSSR count). The third-order valence-electron chi connectivity index (χ3n) is 2.86. The van der Waals surface area contributed by atoms with Crippen LogP contribution in [0.15, 0.2) is 30.6 Å². The summed E-state index contributed by atoms with van der Waals surface area (Å²) in [6, 6.07) is 5.47. The number of nitrogens with zero attached hydrogens (tertiary/aromatic N) is 3. The molecular weight excluding hydrogens is 282 g/mol. The van der Waals surface area contributed by atoms with E-state index in [-0.39, 0.29) is 5.91 Å². The first-order valence-corrected chi connectivity index (χ1v) is 6.94. The molecule has 7 heteroatoms. The molecule has 0 unspecified atom stereocenters.